The smallest absolute Gasteiger partial charge is 0.149 e. The van der Waals surface area contributed by atoms with E-state index in [0.29, 0.717) is 0 Å². The molecule has 1 unspecified atom stereocenters. The van der Waals surface area contributed by atoms with Crippen LogP contribution in [-0.2, 0) is 9.84 Å². The molecule has 1 atom stereocenters. The number of hydrogen-bond acceptors (Lipinski definition) is 4. The van der Waals surface area contributed by atoms with Gasteiger partial charge in [-0.25, -0.2) is 8.42 Å². The molecule has 0 aromatic rings. The van der Waals surface area contributed by atoms with Crippen LogP contribution in [0.2, 0.25) is 0 Å². The first-order valence-corrected chi connectivity index (χ1v) is 6.13. The van der Waals surface area contributed by atoms with Crippen LogP contribution in [-0.4, -0.2) is 58.1 Å². The molecule has 0 radical (unpaired) electrons. The molecule has 1 heterocycles. The van der Waals surface area contributed by atoms with Crippen LogP contribution in [0.3, 0.4) is 0 Å². The highest BCUT2D eigenvalue weighted by Gasteiger charge is 2.19. The van der Waals surface area contributed by atoms with Gasteiger partial charge in [0.25, 0.3) is 0 Å². The molecule has 1 rings (SSSR count). The van der Waals surface area contributed by atoms with Crippen molar-refractivity contribution in [3.8, 4) is 0 Å². The van der Waals surface area contributed by atoms with Crippen molar-refractivity contribution in [3.05, 3.63) is 0 Å². The van der Waals surface area contributed by atoms with Crippen molar-refractivity contribution in [2.24, 2.45) is 0 Å². The van der Waals surface area contributed by atoms with Gasteiger partial charge in [0.15, 0.2) is 0 Å². The summed E-state index contributed by atoms with van der Waals surface area (Å²) in [4.78, 5) is 2.15. The molecule has 0 saturated carbocycles. The molecule has 1 fully saturated rings. The summed E-state index contributed by atoms with van der Waals surface area (Å²) in [6.45, 7) is 2.71. The lowest BCUT2D eigenvalue weighted by Gasteiger charge is -2.30. The maximum Gasteiger partial charge on any atom is 0.149 e. The molecule has 12 heavy (non-hydrogen) atoms. The molecule has 1 aliphatic heterocycles. The van der Waals surface area contributed by atoms with Crippen molar-refractivity contribution < 1.29 is 8.42 Å². The molecule has 0 bridgehead atoms. The van der Waals surface area contributed by atoms with Crippen molar-refractivity contribution in [2.75, 3.05) is 38.7 Å². The van der Waals surface area contributed by atoms with Crippen LogP contribution >= 0.6 is 0 Å². The molecule has 4 nitrogen and oxygen atoms in total. The number of likely N-dealkylation sites (N-methyl/N-ethyl adjacent to an activating group) is 1. The number of hydrogen-bond donors (Lipinski definition) is 1. The normalized spacial score (nSPS) is 27.3. The Morgan fingerprint density at radius 1 is 1.58 bits per heavy atom. The van der Waals surface area contributed by atoms with Gasteiger partial charge in [0, 0.05) is 31.9 Å². The number of piperazine rings is 1. The van der Waals surface area contributed by atoms with Gasteiger partial charge in [-0.2, -0.15) is 0 Å². The third-order valence-electron chi connectivity index (χ3n) is 1.96. The van der Waals surface area contributed by atoms with Gasteiger partial charge in [0.05, 0.1) is 5.75 Å². The molecule has 0 aromatic heterocycles. The molecule has 1 saturated heterocycles. The minimum atomic E-state index is -2.84. The Balaban J connectivity index is 2.43. The van der Waals surface area contributed by atoms with Crippen LogP contribution in [0.15, 0.2) is 0 Å². The van der Waals surface area contributed by atoms with Gasteiger partial charge in [0.2, 0.25) is 0 Å². The van der Waals surface area contributed by atoms with Crippen LogP contribution in [0, 0.1) is 0 Å². The van der Waals surface area contributed by atoms with Crippen LogP contribution in [0.1, 0.15) is 0 Å². The average molecular weight is 192 g/mol. The Morgan fingerprint density at radius 2 is 2.25 bits per heavy atom. The minimum absolute atomic E-state index is 0.110. The molecule has 0 aliphatic carbocycles. The quantitative estimate of drug-likeness (QED) is 0.605. The Kier molecular flexibility index (Phi) is 3.09. The maximum absolute atomic E-state index is 10.9. The molecule has 0 aromatic carbocycles. The summed E-state index contributed by atoms with van der Waals surface area (Å²) in [5.41, 5.74) is 0. The van der Waals surface area contributed by atoms with E-state index in [2.05, 4.69) is 10.2 Å². The fourth-order valence-electron chi connectivity index (χ4n) is 1.47. The van der Waals surface area contributed by atoms with Gasteiger partial charge < -0.3 is 10.2 Å². The molecule has 5 heteroatoms. The highest BCUT2D eigenvalue weighted by Crippen LogP contribution is 1.98. The van der Waals surface area contributed by atoms with E-state index in [1.54, 1.807) is 0 Å². The zero-order valence-electron chi connectivity index (χ0n) is 7.58. The number of rotatable bonds is 2. The van der Waals surface area contributed by atoms with Gasteiger partial charge in [-0.15, -0.1) is 0 Å². The van der Waals surface area contributed by atoms with E-state index in [4.69, 9.17) is 0 Å². The van der Waals surface area contributed by atoms with Gasteiger partial charge in [0.1, 0.15) is 9.84 Å². The van der Waals surface area contributed by atoms with E-state index >= 15 is 0 Å². The Labute approximate surface area is 73.9 Å². The van der Waals surface area contributed by atoms with Crippen molar-refractivity contribution in [1.29, 1.82) is 0 Å². The second-order valence-electron chi connectivity index (χ2n) is 3.51. The summed E-state index contributed by atoms with van der Waals surface area (Å²) in [6, 6.07) is 0.110. The third kappa shape index (κ3) is 3.51. The monoisotopic (exact) mass is 192 g/mol. The van der Waals surface area contributed by atoms with Crippen molar-refractivity contribution >= 4 is 9.84 Å². The van der Waals surface area contributed by atoms with Gasteiger partial charge >= 0.3 is 0 Å². The Hall–Kier alpha value is -0.130. The molecule has 1 aliphatic rings. The maximum atomic E-state index is 10.9. The fourth-order valence-corrected chi connectivity index (χ4v) is 2.42. The molecule has 72 valence electrons. The van der Waals surface area contributed by atoms with E-state index < -0.39 is 9.84 Å². The lowest BCUT2D eigenvalue weighted by atomic mass is 10.2. The average Bonchev–Trinajstić information content (AvgIpc) is 1.82. The van der Waals surface area contributed by atoms with Crippen LogP contribution in [0.4, 0.5) is 0 Å². The molecule has 0 amide bonds. The summed E-state index contributed by atoms with van der Waals surface area (Å²) in [6.07, 6.45) is 1.28. The number of sulfone groups is 1. The first kappa shape index (κ1) is 9.95. The molecule has 1 N–H and O–H groups in total. The lowest BCUT2D eigenvalue weighted by molar-refractivity contribution is 0.249. The molecular formula is C7H16N2O2S. The highest BCUT2D eigenvalue weighted by atomic mass is 32.2. The van der Waals surface area contributed by atoms with Crippen molar-refractivity contribution in [3.63, 3.8) is 0 Å². The van der Waals surface area contributed by atoms with Crippen LogP contribution in [0.25, 0.3) is 0 Å². The molecular weight excluding hydrogens is 176 g/mol. The predicted octanol–water partition coefficient (Wildman–Crippen LogP) is -1.07. The van der Waals surface area contributed by atoms with E-state index in [9.17, 15) is 8.42 Å². The summed E-state index contributed by atoms with van der Waals surface area (Å²) in [5.74, 6) is 0.247. The summed E-state index contributed by atoms with van der Waals surface area (Å²) >= 11 is 0. The zero-order valence-corrected chi connectivity index (χ0v) is 8.39. The van der Waals surface area contributed by atoms with E-state index in [1.807, 2.05) is 7.05 Å². The van der Waals surface area contributed by atoms with E-state index in [1.165, 1.54) is 6.26 Å². The van der Waals surface area contributed by atoms with Gasteiger partial charge in [-0.3, -0.25) is 0 Å². The third-order valence-corrected chi connectivity index (χ3v) is 2.97. The first-order chi connectivity index (χ1) is 5.47. The van der Waals surface area contributed by atoms with Crippen LogP contribution in [0.5, 0.6) is 0 Å². The predicted molar refractivity (Wildman–Crippen MR) is 49.0 cm³/mol. The molecule has 0 spiro atoms. The highest BCUT2D eigenvalue weighted by molar-refractivity contribution is 7.90. The second-order valence-corrected chi connectivity index (χ2v) is 5.69. The SMILES string of the molecule is CN1CCNC(CS(C)(=O)=O)C1. The standard InChI is InChI=1S/C7H16N2O2S/c1-9-4-3-8-7(5-9)6-12(2,10)11/h7-8H,3-6H2,1-2H3. The van der Waals surface area contributed by atoms with E-state index in [0.717, 1.165) is 19.6 Å². The Morgan fingerprint density at radius 3 is 2.75 bits per heavy atom. The zero-order chi connectivity index (χ0) is 9.19. The Bertz CT molecular complexity index is 238. The minimum Gasteiger partial charge on any atom is -0.310 e. The largest absolute Gasteiger partial charge is 0.310 e. The number of nitrogens with one attached hydrogen (secondary N) is 1. The summed E-state index contributed by atoms with van der Waals surface area (Å²) in [5, 5.41) is 3.19. The summed E-state index contributed by atoms with van der Waals surface area (Å²) in [7, 11) is -0.826. The number of nitrogens with zero attached hydrogens (tertiary/aromatic N) is 1. The second kappa shape index (κ2) is 3.72. The van der Waals surface area contributed by atoms with E-state index in [-0.39, 0.29) is 11.8 Å². The lowest BCUT2D eigenvalue weighted by Crippen LogP contribution is -2.51. The van der Waals surface area contributed by atoms with Crippen LogP contribution < -0.4 is 5.32 Å². The summed E-state index contributed by atoms with van der Waals surface area (Å²) < 4.78 is 21.9. The first-order valence-electron chi connectivity index (χ1n) is 4.07. The van der Waals surface area contributed by atoms with Crippen molar-refractivity contribution in [1.82, 2.24) is 10.2 Å². The van der Waals surface area contributed by atoms with Gasteiger partial charge in [-0.1, -0.05) is 0 Å². The topological polar surface area (TPSA) is 49.4 Å². The van der Waals surface area contributed by atoms with Crippen molar-refractivity contribution in [2.45, 2.75) is 6.04 Å². The fraction of sp³-hybridized carbons (Fsp3) is 1.00. The van der Waals surface area contributed by atoms with Gasteiger partial charge in [-0.05, 0) is 7.05 Å².